The van der Waals surface area contributed by atoms with Crippen molar-refractivity contribution in [1.29, 1.82) is 0 Å². The maximum Gasteiger partial charge on any atom is 0.326 e. The first-order chi connectivity index (χ1) is 39.8. The molecule has 10 unspecified atom stereocenters. The molecular formula is C56H89N15O13. The Morgan fingerprint density at radius 3 is 1.39 bits per heavy atom. The van der Waals surface area contributed by atoms with Crippen molar-refractivity contribution < 1.29 is 63.0 Å². The van der Waals surface area contributed by atoms with E-state index in [0.29, 0.717) is 49.8 Å². The van der Waals surface area contributed by atoms with E-state index in [0.717, 1.165) is 0 Å². The number of carboxylic acid groups (broad SMARTS) is 2. The van der Waals surface area contributed by atoms with Crippen LogP contribution < -0.4 is 76.9 Å². The number of amides is 9. The number of carbonyl (C=O) groups is 11. The summed E-state index contributed by atoms with van der Waals surface area (Å²) in [5.41, 5.74) is 35.3. The fraction of sp³-hybridized carbons (Fsp3) is 0.571. The molecule has 2 rings (SSSR count). The van der Waals surface area contributed by atoms with E-state index in [1.165, 1.54) is 0 Å². The summed E-state index contributed by atoms with van der Waals surface area (Å²) in [4.78, 5) is 153. The highest BCUT2D eigenvalue weighted by atomic mass is 16.4. The molecule has 22 N–H and O–H groups in total. The van der Waals surface area contributed by atoms with Gasteiger partial charge in [-0.15, -0.1) is 0 Å². The number of nitrogens with zero attached hydrogens (tertiary/aromatic N) is 1. The zero-order valence-electron chi connectivity index (χ0n) is 48.4. The molecule has 0 aliphatic rings. The third-order valence-electron chi connectivity index (χ3n) is 13.6. The number of unbranched alkanes of at least 4 members (excludes halogenated alkanes) is 2. The zero-order valence-corrected chi connectivity index (χ0v) is 48.4. The van der Waals surface area contributed by atoms with E-state index >= 15 is 0 Å². The van der Waals surface area contributed by atoms with Crippen LogP contribution in [-0.2, 0) is 65.6 Å². The van der Waals surface area contributed by atoms with E-state index in [4.69, 9.17) is 39.5 Å². The molecule has 28 nitrogen and oxygen atoms in total. The van der Waals surface area contributed by atoms with E-state index in [-0.39, 0.29) is 57.6 Å². The van der Waals surface area contributed by atoms with Crippen molar-refractivity contribution in [2.75, 3.05) is 19.6 Å². The molecule has 0 saturated carbocycles. The first-order valence-electron chi connectivity index (χ1n) is 28.3. The number of primary amides is 1. The zero-order chi connectivity index (χ0) is 62.9. The van der Waals surface area contributed by atoms with Gasteiger partial charge in [0.25, 0.3) is 0 Å². The number of aliphatic carboxylic acids is 2. The van der Waals surface area contributed by atoms with Crippen molar-refractivity contribution in [1.82, 2.24) is 42.5 Å². The highest BCUT2D eigenvalue weighted by molar-refractivity contribution is 5.99. The fourth-order valence-corrected chi connectivity index (χ4v) is 8.59. The van der Waals surface area contributed by atoms with Gasteiger partial charge in [0, 0.05) is 25.8 Å². The summed E-state index contributed by atoms with van der Waals surface area (Å²) in [6, 6.07) is 4.50. The van der Waals surface area contributed by atoms with Gasteiger partial charge in [0.05, 0.1) is 12.5 Å². The summed E-state index contributed by atoms with van der Waals surface area (Å²) in [5, 5.41) is 39.6. The Balaban J connectivity index is 2.53. The van der Waals surface area contributed by atoms with Crippen LogP contribution in [-0.4, -0.2) is 155 Å². The maximum atomic E-state index is 14.5. The van der Waals surface area contributed by atoms with Crippen LogP contribution in [0.25, 0.3) is 0 Å². The van der Waals surface area contributed by atoms with Gasteiger partial charge in [-0.25, -0.2) is 4.79 Å². The average molecular weight is 1180 g/mol. The molecule has 0 spiro atoms. The van der Waals surface area contributed by atoms with Crippen LogP contribution in [0.15, 0.2) is 65.7 Å². The number of rotatable bonds is 41. The Kier molecular flexibility index (Phi) is 33.0. The summed E-state index contributed by atoms with van der Waals surface area (Å²) in [7, 11) is 0. The Morgan fingerprint density at radius 1 is 0.488 bits per heavy atom. The molecule has 10 atom stereocenters. The molecule has 9 amide bonds. The SMILES string of the molecule is CCC(C)C(NC(=O)C(CCCCN)NC(=O)C(CC(N)=O)NC(=O)C(Cc1ccccc1)NC(=O)C(NC(=O)C(Cc1ccccc1)NC(=O)C(CCCN=C(N)N)NC(=O)C(N)CCCCN)C(C)C)C(=O)NC(CCC(=O)O)C(=O)O. The van der Waals surface area contributed by atoms with E-state index in [9.17, 15) is 57.8 Å². The lowest BCUT2D eigenvalue weighted by atomic mass is 9.96. The number of hydrogen-bond donors (Lipinski definition) is 16. The van der Waals surface area contributed by atoms with Gasteiger partial charge in [0.1, 0.15) is 48.3 Å². The van der Waals surface area contributed by atoms with Gasteiger partial charge in [-0.1, -0.05) is 101 Å². The van der Waals surface area contributed by atoms with Crippen LogP contribution in [0.2, 0.25) is 0 Å². The minimum atomic E-state index is -1.76. The lowest BCUT2D eigenvalue weighted by Crippen LogP contribution is -2.62. The van der Waals surface area contributed by atoms with Crippen LogP contribution in [0.5, 0.6) is 0 Å². The van der Waals surface area contributed by atoms with Gasteiger partial charge >= 0.3 is 11.9 Å². The first kappa shape index (κ1) is 71.9. The smallest absolute Gasteiger partial charge is 0.326 e. The largest absolute Gasteiger partial charge is 0.481 e. The molecule has 0 saturated heterocycles. The lowest BCUT2D eigenvalue weighted by Gasteiger charge is -2.29. The Morgan fingerprint density at radius 2 is 0.905 bits per heavy atom. The quantitative estimate of drug-likeness (QED) is 0.0186. The molecule has 0 aliphatic heterocycles. The average Bonchev–Trinajstić information content (AvgIpc) is 3.66. The van der Waals surface area contributed by atoms with Gasteiger partial charge in [-0.2, -0.15) is 0 Å². The number of carbonyl (C=O) groups excluding carboxylic acids is 9. The minimum Gasteiger partial charge on any atom is -0.481 e. The minimum absolute atomic E-state index is 0.0365. The molecule has 84 heavy (non-hydrogen) atoms. The second-order valence-corrected chi connectivity index (χ2v) is 20.9. The van der Waals surface area contributed by atoms with E-state index in [1.54, 1.807) is 88.4 Å². The van der Waals surface area contributed by atoms with Crippen molar-refractivity contribution in [3.05, 3.63) is 71.8 Å². The van der Waals surface area contributed by atoms with Crippen LogP contribution >= 0.6 is 0 Å². The van der Waals surface area contributed by atoms with Crippen molar-refractivity contribution in [3.8, 4) is 0 Å². The Labute approximate surface area is 489 Å². The number of carboxylic acids is 2. The number of nitrogens with one attached hydrogen (secondary N) is 8. The van der Waals surface area contributed by atoms with Crippen molar-refractivity contribution >= 4 is 71.1 Å². The normalized spacial score (nSPS) is 14.6. The molecule has 28 heteroatoms. The number of aliphatic imine (C=N–C) groups is 1. The van der Waals surface area contributed by atoms with Crippen LogP contribution in [0.4, 0.5) is 0 Å². The monoisotopic (exact) mass is 1180 g/mol. The molecule has 466 valence electrons. The van der Waals surface area contributed by atoms with E-state index in [1.807, 2.05) is 0 Å². The van der Waals surface area contributed by atoms with E-state index < -0.39 is 151 Å². The standard InChI is InChI=1S/C56H89N15O13/c1-5-33(4)46(54(82)66-39(55(83)84)24-25-44(73)74)71-49(77)37(22-13-15-27-58)65-51(79)42(31-43(60)72)68-50(78)40(29-34-17-8-6-9-18-34)69-53(81)45(32(2)3)70-52(80)41(30-35-19-10-7-11-20-35)67-48(76)38(23-16-28-63-56(61)62)64-47(75)36(59)21-12-14-26-57/h6-11,17-20,32-33,36-42,45-46H,5,12-16,21-31,57-59H2,1-4H3,(H2,60,72)(H,64,75)(H,65,79)(H,66,82)(H,67,76)(H,68,78)(H,69,81)(H,70,80)(H,71,77)(H,73,74)(H,83,84)(H4,61,62,63). The van der Waals surface area contributed by atoms with Crippen molar-refractivity contribution in [2.45, 2.75) is 172 Å². The van der Waals surface area contributed by atoms with Crippen LogP contribution in [0.1, 0.15) is 116 Å². The highest BCUT2D eigenvalue weighted by Crippen LogP contribution is 2.14. The number of benzene rings is 2. The highest BCUT2D eigenvalue weighted by Gasteiger charge is 2.37. The Hall–Kier alpha value is -8.24. The van der Waals surface area contributed by atoms with Crippen molar-refractivity contribution in [3.63, 3.8) is 0 Å². The molecule has 0 aromatic heterocycles. The summed E-state index contributed by atoms with van der Waals surface area (Å²) >= 11 is 0. The van der Waals surface area contributed by atoms with Crippen molar-refractivity contribution in [2.24, 2.45) is 51.2 Å². The molecule has 0 bridgehead atoms. The van der Waals surface area contributed by atoms with Gasteiger partial charge in [-0.3, -0.25) is 52.9 Å². The number of nitrogens with two attached hydrogens (primary N) is 6. The second kappa shape index (κ2) is 38.5. The topological polar surface area (TPSA) is 493 Å². The molecule has 0 fully saturated rings. The predicted octanol–water partition coefficient (Wildman–Crippen LogP) is -2.48. The maximum absolute atomic E-state index is 14.5. The molecule has 2 aromatic rings. The molecular weight excluding hydrogens is 1090 g/mol. The first-order valence-corrected chi connectivity index (χ1v) is 28.3. The number of hydrogen-bond acceptors (Lipinski definition) is 15. The summed E-state index contributed by atoms with van der Waals surface area (Å²) < 4.78 is 0. The van der Waals surface area contributed by atoms with Gasteiger partial charge in [-0.05, 0) is 87.4 Å². The molecule has 2 aromatic carbocycles. The second-order valence-electron chi connectivity index (χ2n) is 20.9. The number of guanidine groups is 1. The third-order valence-corrected chi connectivity index (χ3v) is 13.6. The molecule has 0 aliphatic carbocycles. The van der Waals surface area contributed by atoms with Crippen LogP contribution in [0, 0.1) is 11.8 Å². The molecule has 0 radical (unpaired) electrons. The van der Waals surface area contributed by atoms with Gasteiger partial charge in [0.2, 0.25) is 53.2 Å². The Bertz CT molecular complexity index is 2500. The van der Waals surface area contributed by atoms with Gasteiger partial charge in [0.15, 0.2) is 5.96 Å². The summed E-state index contributed by atoms with van der Waals surface area (Å²) in [5.74, 6) is -12.2. The summed E-state index contributed by atoms with van der Waals surface area (Å²) in [6.07, 6.45) is 0.562. The predicted molar refractivity (Wildman–Crippen MR) is 312 cm³/mol. The fourth-order valence-electron chi connectivity index (χ4n) is 8.59. The lowest BCUT2D eigenvalue weighted by molar-refractivity contribution is -0.144. The summed E-state index contributed by atoms with van der Waals surface area (Å²) in [6.45, 7) is 7.28. The third kappa shape index (κ3) is 27.2. The molecule has 0 heterocycles. The van der Waals surface area contributed by atoms with Crippen LogP contribution in [0.3, 0.4) is 0 Å². The van der Waals surface area contributed by atoms with Gasteiger partial charge < -0.3 is 87.1 Å². The van der Waals surface area contributed by atoms with E-state index in [2.05, 4.69) is 47.5 Å².